The second kappa shape index (κ2) is 6.19. The summed E-state index contributed by atoms with van der Waals surface area (Å²) >= 11 is 1.63. The predicted octanol–water partition coefficient (Wildman–Crippen LogP) is 4.48. The Balaban J connectivity index is 2.24. The smallest absolute Gasteiger partial charge is 0.286 e. The Hall–Kier alpha value is -1.50. The second-order valence-electron chi connectivity index (χ2n) is 5.47. The highest BCUT2D eigenvalue weighted by Crippen LogP contribution is 2.50. The van der Waals surface area contributed by atoms with Gasteiger partial charge in [0, 0.05) is 9.79 Å². The zero-order valence-corrected chi connectivity index (χ0v) is 14.7. The normalized spacial score (nSPS) is 15.0. The molecule has 0 bridgehead atoms. The third kappa shape index (κ3) is 2.98. The maximum Gasteiger partial charge on any atom is 0.286 e. The summed E-state index contributed by atoms with van der Waals surface area (Å²) in [5, 5.41) is -0.990. The van der Waals surface area contributed by atoms with Gasteiger partial charge in [-0.3, -0.25) is 4.55 Å². The number of rotatable bonds is 4. The topological polar surface area (TPSA) is 57.6 Å². The van der Waals surface area contributed by atoms with Crippen molar-refractivity contribution in [1.82, 2.24) is 0 Å². The van der Waals surface area contributed by atoms with Crippen LogP contribution in [-0.4, -0.2) is 18.3 Å². The molecule has 0 aliphatic carbocycles. The van der Waals surface area contributed by atoms with Crippen molar-refractivity contribution in [3.63, 3.8) is 0 Å². The van der Waals surface area contributed by atoms with Crippen LogP contribution in [0.2, 0.25) is 0 Å². The van der Waals surface area contributed by atoms with E-state index in [9.17, 15) is 13.0 Å². The van der Waals surface area contributed by atoms with Gasteiger partial charge in [0.25, 0.3) is 10.1 Å². The minimum absolute atomic E-state index is 0.299. The van der Waals surface area contributed by atoms with E-state index in [0.717, 1.165) is 33.2 Å². The quantitative estimate of drug-likeness (QED) is 0.825. The van der Waals surface area contributed by atoms with Crippen molar-refractivity contribution < 1.29 is 13.0 Å². The van der Waals surface area contributed by atoms with Crippen molar-refractivity contribution in [3.05, 3.63) is 48.0 Å². The molecule has 0 radical (unpaired) electrons. The Bertz CT molecular complexity index is 833. The highest BCUT2D eigenvalue weighted by molar-refractivity contribution is 7.99. The van der Waals surface area contributed by atoms with Crippen molar-refractivity contribution in [2.75, 3.05) is 4.90 Å². The van der Waals surface area contributed by atoms with Gasteiger partial charge < -0.3 is 4.90 Å². The number of hydrogen-bond donors (Lipinski definition) is 1. The summed E-state index contributed by atoms with van der Waals surface area (Å²) in [7, 11) is -4.20. The fourth-order valence-electron chi connectivity index (χ4n) is 2.88. The predicted molar refractivity (Wildman–Crippen MR) is 94.2 cm³/mol. The first-order valence-corrected chi connectivity index (χ1v) is 9.93. The van der Waals surface area contributed by atoms with Gasteiger partial charge in [-0.25, -0.2) is 0 Å². The number of fused-ring (bicyclic) bond motifs is 2. The van der Waals surface area contributed by atoms with Crippen molar-refractivity contribution in [2.24, 2.45) is 0 Å². The molecule has 1 unspecified atom stereocenters. The van der Waals surface area contributed by atoms with E-state index in [2.05, 4.69) is 13.0 Å². The summed E-state index contributed by atoms with van der Waals surface area (Å²) in [6.45, 7) is 3.84. The molecule has 0 spiro atoms. The van der Waals surface area contributed by atoms with E-state index >= 15 is 0 Å². The van der Waals surface area contributed by atoms with E-state index in [-0.39, 0.29) is 0 Å². The molecule has 4 nitrogen and oxygen atoms in total. The Kier molecular flexibility index (Phi) is 4.40. The summed E-state index contributed by atoms with van der Waals surface area (Å²) in [6.07, 6.45) is 1.17. The molecule has 122 valence electrons. The van der Waals surface area contributed by atoms with Gasteiger partial charge in [0.2, 0.25) is 0 Å². The van der Waals surface area contributed by atoms with E-state index in [1.165, 1.54) is 0 Å². The van der Waals surface area contributed by atoms with Gasteiger partial charge >= 0.3 is 0 Å². The van der Waals surface area contributed by atoms with Crippen molar-refractivity contribution >= 4 is 33.3 Å². The van der Waals surface area contributed by atoms with Crippen molar-refractivity contribution in [2.45, 2.75) is 41.9 Å². The first-order chi connectivity index (χ1) is 11.0. The maximum atomic E-state index is 11.9. The van der Waals surface area contributed by atoms with Gasteiger partial charge in [-0.2, -0.15) is 8.42 Å². The molecular formula is C17H19NO3S2. The van der Waals surface area contributed by atoms with Crippen LogP contribution in [0.25, 0.3) is 0 Å². The van der Waals surface area contributed by atoms with E-state index in [1.807, 2.05) is 36.4 Å². The third-order valence-electron chi connectivity index (χ3n) is 4.02. The molecular weight excluding hydrogens is 330 g/mol. The lowest BCUT2D eigenvalue weighted by molar-refractivity contribution is 0.464. The standard InChI is InChI=1S/C17H19NO3S2/c1-3-12-9-10-16-14(11-12)18(17(4-2)23(19,20)21)13-7-5-6-8-15(13)22-16/h5-11,17H,3-4H2,1-2H3,(H,19,20,21). The van der Waals surface area contributed by atoms with E-state index < -0.39 is 15.5 Å². The Labute approximate surface area is 141 Å². The molecule has 6 heteroatoms. The Morgan fingerprint density at radius 3 is 2.43 bits per heavy atom. The third-order valence-corrected chi connectivity index (χ3v) is 6.38. The molecule has 0 saturated carbocycles. The van der Waals surface area contributed by atoms with Crippen LogP contribution in [0.15, 0.2) is 52.3 Å². The van der Waals surface area contributed by atoms with Crippen LogP contribution in [0.4, 0.5) is 11.4 Å². The van der Waals surface area contributed by atoms with Gasteiger partial charge in [0.05, 0.1) is 11.4 Å². The van der Waals surface area contributed by atoms with Crippen LogP contribution < -0.4 is 4.90 Å². The molecule has 1 atom stereocenters. The van der Waals surface area contributed by atoms with Crippen LogP contribution in [0.3, 0.4) is 0 Å². The average molecular weight is 349 g/mol. The second-order valence-corrected chi connectivity index (χ2v) is 8.13. The Morgan fingerprint density at radius 2 is 1.78 bits per heavy atom. The van der Waals surface area contributed by atoms with Crippen LogP contribution in [0.1, 0.15) is 25.8 Å². The highest BCUT2D eigenvalue weighted by atomic mass is 32.2. The number of anilines is 2. The van der Waals surface area contributed by atoms with Gasteiger partial charge in [-0.15, -0.1) is 0 Å². The molecule has 0 amide bonds. The Morgan fingerprint density at radius 1 is 1.09 bits per heavy atom. The molecule has 1 aliphatic heterocycles. The molecule has 0 fully saturated rings. The van der Waals surface area contributed by atoms with E-state index in [1.54, 1.807) is 23.6 Å². The maximum absolute atomic E-state index is 11.9. The monoisotopic (exact) mass is 349 g/mol. The molecule has 2 aromatic rings. The first kappa shape index (κ1) is 16.4. The van der Waals surface area contributed by atoms with Gasteiger partial charge in [0.1, 0.15) is 0 Å². The molecule has 1 heterocycles. The summed E-state index contributed by atoms with van der Waals surface area (Å²) in [5.74, 6) is 0. The minimum atomic E-state index is -4.20. The molecule has 3 rings (SSSR count). The zero-order valence-electron chi connectivity index (χ0n) is 13.1. The van der Waals surface area contributed by atoms with Crippen LogP contribution in [0, 0.1) is 0 Å². The highest BCUT2D eigenvalue weighted by Gasteiger charge is 2.35. The molecule has 2 aromatic carbocycles. The van der Waals surface area contributed by atoms with Crippen LogP contribution >= 0.6 is 11.8 Å². The minimum Gasteiger partial charge on any atom is -0.320 e. The average Bonchev–Trinajstić information content (AvgIpc) is 2.53. The van der Waals surface area contributed by atoms with Gasteiger partial charge in [0.15, 0.2) is 5.37 Å². The molecule has 1 aliphatic rings. The van der Waals surface area contributed by atoms with Gasteiger partial charge in [-0.05, 0) is 42.7 Å². The summed E-state index contributed by atoms with van der Waals surface area (Å²) in [5.41, 5.74) is 2.80. The molecule has 0 saturated heterocycles. The zero-order chi connectivity index (χ0) is 16.6. The first-order valence-electron chi connectivity index (χ1n) is 7.61. The summed E-state index contributed by atoms with van der Waals surface area (Å²) in [4.78, 5) is 3.75. The fraction of sp³-hybridized carbons (Fsp3) is 0.294. The number of nitrogens with zero attached hydrogens (tertiary/aromatic N) is 1. The largest absolute Gasteiger partial charge is 0.320 e. The van der Waals surface area contributed by atoms with Crippen molar-refractivity contribution in [3.8, 4) is 0 Å². The van der Waals surface area contributed by atoms with Crippen molar-refractivity contribution in [1.29, 1.82) is 0 Å². The lowest BCUT2D eigenvalue weighted by atomic mass is 10.1. The van der Waals surface area contributed by atoms with Crippen LogP contribution in [-0.2, 0) is 16.5 Å². The van der Waals surface area contributed by atoms with Gasteiger partial charge in [-0.1, -0.05) is 43.8 Å². The summed E-state index contributed by atoms with van der Waals surface area (Å²) < 4.78 is 33.6. The summed E-state index contributed by atoms with van der Waals surface area (Å²) in [6, 6.07) is 13.8. The number of benzene rings is 2. The van der Waals surface area contributed by atoms with E-state index in [0.29, 0.717) is 6.42 Å². The number of hydrogen-bond acceptors (Lipinski definition) is 4. The lowest BCUT2D eigenvalue weighted by Crippen LogP contribution is -2.38. The molecule has 23 heavy (non-hydrogen) atoms. The molecule has 0 aromatic heterocycles. The molecule has 1 N–H and O–H groups in total. The number of para-hydroxylation sites is 1. The van der Waals surface area contributed by atoms with E-state index in [4.69, 9.17) is 0 Å². The van der Waals surface area contributed by atoms with Crippen LogP contribution in [0.5, 0.6) is 0 Å². The fourth-order valence-corrected chi connectivity index (χ4v) is 4.85. The lowest BCUT2D eigenvalue weighted by Gasteiger charge is -2.37. The number of aryl methyl sites for hydroxylation is 1. The SMILES string of the molecule is CCc1ccc2c(c1)N(C(CC)S(=O)(=O)O)c1ccccc1S2.